The molecule has 1 aromatic carbocycles. The van der Waals surface area contributed by atoms with Crippen LogP contribution in [0.1, 0.15) is 0 Å². The summed E-state index contributed by atoms with van der Waals surface area (Å²) in [5.41, 5.74) is 0.295. The Kier molecular flexibility index (Phi) is 2.93. The smallest absolute Gasteiger partial charge is 0.258 e. The molecule has 0 fully saturated rings. The molecule has 1 aromatic heterocycles. The quantitative estimate of drug-likeness (QED) is 0.632. The molecule has 16 heavy (non-hydrogen) atoms. The molecule has 0 N–H and O–H groups in total. The van der Waals surface area contributed by atoms with Crippen molar-refractivity contribution in [1.29, 1.82) is 0 Å². The van der Waals surface area contributed by atoms with Crippen molar-refractivity contribution >= 4 is 33.2 Å². The summed E-state index contributed by atoms with van der Waals surface area (Å²) >= 11 is 8.94. The standard InChI is InChI=1S/C9H5BrClN3O2/c10-6-4-12-13(5-6)8-2-1-7(11)3-9(8)14(15)16/h1-5H. The highest BCUT2D eigenvalue weighted by molar-refractivity contribution is 9.10. The average molecular weight is 303 g/mol. The summed E-state index contributed by atoms with van der Waals surface area (Å²) in [7, 11) is 0. The van der Waals surface area contributed by atoms with Crippen LogP contribution in [0.4, 0.5) is 5.69 Å². The minimum Gasteiger partial charge on any atom is -0.258 e. The van der Waals surface area contributed by atoms with Crippen LogP contribution in [-0.4, -0.2) is 14.7 Å². The first kappa shape index (κ1) is 11.1. The first-order chi connectivity index (χ1) is 7.58. The molecule has 0 aliphatic heterocycles. The Hall–Kier alpha value is -1.40. The van der Waals surface area contributed by atoms with Crippen molar-refractivity contribution in [2.24, 2.45) is 0 Å². The fourth-order valence-electron chi connectivity index (χ4n) is 1.27. The Balaban J connectivity index is 2.60. The topological polar surface area (TPSA) is 61.0 Å². The van der Waals surface area contributed by atoms with Crippen LogP contribution in [0.2, 0.25) is 5.02 Å². The number of nitro benzene ring substituents is 1. The maximum Gasteiger partial charge on any atom is 0.296 e. The third-order valence-electron chi connectivity index (χ3n) is 1.93. The molecule has 2 rings (SSSR count). The van der Waals surface area contributed by atoms with Crippen LogP contribution in [0.3, 0.4) is 0 Å². The van der Waals surface area contributed by atoms with Crippen LogP contribution >= 0.6 is 27.5 Å². The molecule has 2 aromatic rings. The minimum absolute atomic E-state index is 0.0805. The lowest BCUT2D eigenvalue weighted by Crippen LogP contribution is -2.00. The third kappa shape index (κ3) is 2.07. The predicted molar refractivity (Wildman–Crippen MR) is 62.9 cm³/mol. The number of halogens is 2. The molecule has 0 radical (unpaired) electrons. The summed E-state index contributed by atoms with van der Waals surface area (Å²) in [5, 5.41) is 15.2. The highest BCUT2D eigenvalue weighted by Crippen LogP contribution is 2.26. The van der Waals surface area contributed by atoms with Crippen LogP contribution in [0.15, 0.2) is 35.1 Å². The zero-order valence-electron chi connectivity index (χ0n) is 7.80. The summed E-state index contributed by atoms with van der Waals surface area (Å²) in [6.07, 6.45) is 3.19. The Morgan fingerprint density at radius 1 is 1.50 bits per heavy atom. The van der Waals surface area contributed by atoms with Crippen LogP contribution in [0.5, 0.6) is 0 Å². The lowest BCUT2D eigenvalue weighted by atomic mass is 10.3. The van der Waals surface area contributed by atoms with E-state index in [1.165, 1.54) is 10.7 Å². The molecule has 82 valence electrons. The number of nitrogens with zero attached hydrogens (tertiary/aromatic N) is 3. The maximum atomic E-state index is 10.8. The molecule has 7 heteroatoms. The fraction of sp³-hybridized carbons (Fsp3) is 0. The van der Waals surface area contributed by atoms with E-state index in [9.17, 15) is 10.1 Å². The highest BCUT2D eigenvalue weighted by Gasteiger charge is 2.16. The van der Waals surface area contributed by atoms with E-state index in [0.717, 1.165) is 4.47 Å². The molecular weight excluding hydrogens is 297 g/mol. The van der Waals surface area contributed by atoms with E-state index < -0.39 is 4.92 Å². The second-order valence-electron chi connectivity index (χ2n) is 2.99. The van der Waals surface area contributed by atoms with Gasteiger partial charge in [-0.15, -0.1) is 0 Å². The molecule has 0 unspecified atom stereocenters. The van der Waals surface area contributed by atoms with Crippen molar-refractivity contribution in [3.63, 3.8) is 0 Å². The molecule has 1 heterocycles. The Labute approximate surface area is 104 Å². The second kappa shape index (κ2) is 4.23. The molecule has 0 saturated carbocycles. The van der Waals surface area contributed by atoms with E-state index in [0.29, 0.717) is 10.7 Å². The predicted octanol–water partition coefficient (Wildman–Crippen LogP) is 3.20. The molecule has 0 atom stereocenters. The van der Waals surface area contributed by atoms with Crippen molar-refractivity contribution in [3.8, 4) is 5.69 Å². The zero-order chi connectivity index (χ0) is 11.7. The van der Waals surface area contributed by atoms with Gasteiger partial charge in [-0.2, -0.15) is 5.10 Å². The SMILES string of the molecule is O=[N+]([O-])c1cc(Cl)ccc1-n1cc(Br)cn1. The zero-order valence-corrected chi connectivity index (χ0v) is 10.1. The molecule has 5 nitrogen and oxygen atoms in total. The summed E-state index contributed by atoms with van der Waals surface area (Å²) in [4.78, 5) is 10.4. The summed E-state index contributed by atoms with van der Waals surface area (Å²) in [6, 6.07) is 4.44. The highest BCUT2D eigenvalue weighted by atomic mass is 79.9. The molecular formula is C9H5BrClN3O2. The normalized spacial score (nSPS) is 10.4. The van der Waals surface area contributed by atoms with Gasteiger partial charge in [0.15, 0.2) is 0 Å². The van der Waals surface area contributed by atoms with Crippen LogP contribution in [-0.2, 0) is 0 Å². The van der Waals surface area contributed by atoms with E-state index in [1.807, 2.05) is 0 Å². The first-order valence-electron chi connectivity index (χ1n) is 4.22. The monoisotopic (exact) mass is 301 g/mol. The van der Waals surface area contributed by atoms with Crippen molar-refractivity contribution in [1.82, 2.24) is 9.78 Å². The van der Waals surface area contributed by atoms with E-state index in [4.69, 9.17) is 11.6 Å². The van der Waals surface area contributed by atoms with Gasteiger partial charge in [-0.05, 0) is 28.1 Å². The van der Waals surface area contributed by atoms with Gasteiger partial charge in [0.05, 0.1) is 15.6 Å². The van der Waals surface area contributed by atoms with Crippen LogP contribution in [0.25, 0.3) is 5.69 Å². The Morgan fingerprint density at radius 3 is 2.81 bits per heavy atom. The van der Waals surface area contributed by atoms with Gasteiger partial charge in [0.1, 0.15) is 5.69 Å². The van der Waals surface area contributed by atoms with Crippen molar-refractivity contribution in [2.45, 2.75) is 0 Å². The molecule has 0 aliphatic rings. The van der Waals surface area contributed by atoms with Crippen LogP contribution in [0, 0.1) is 10.1 Å². The van der Waals surface area contributed by atoms with Gasteiger partial charge in [0, 0.05) is 17.3 Å². The van der Waals surface area contributed by atoms with Gasteiger partial charge in [0.25, 0.3) is 5.69 Å². The van der Waals surface area contributed by atoms with Gasteiger partial charge in [-0.3, -0.25) is 10.1 Å². The van der Waals surface area contributed by atoms with Crippen molar-refractivity contribution < 1.29 is 4.92 Å². The number of nitro groups is 1. The molecule has 0 spiro atoms. The van der Waals surface area contributed by atoms with Gasteiger partial charge in [-0.25, -0.2) is 4.68 Å². The number of rotatable bonds is 2. The number of benzene rings is 1. The van der Waals surface area contributed by atoms with E-state index in [2.05, 4.69) is 21.0 Å². The third-order valence-corrected chi connectivity index (χ3v) is 2.58. The van der Waals surface area contributed by atoms with Crippen molar-refractivity contribution in [3.05, 3.63) is 50.2 Å². The Bertz CT molecular complexity index is 555. The van der Waals surface area contributed by atoms with Gasteiger partial charge < -0.3 is 0 Å². The molecule has 0 amide bonds. The Morgan fingerprint density at radius 2 is 2.25 bits per heavy atom. The molecule has 0 bridgehead atoms. The fourth-order valence-corrected chi connectivity index (χ4v) is 1.72. The van der Waals surface area contributed by atoms with E-state index in [1.54, 1.807) is 24.5 Å². The van der Waals surface area contributed by atoms with E-state index >= 15 is 0 Å². The lowest BCUT2D eigenvalue weighted by molar-refractivity contribution is -0.384. The summed E-state index contributed by atoms with van der Waals surface area (Å²) < 4.78 is 2.16. The summed E-state index contributed by atoms with van der Waals surface area (Å²) in [5.74, 6) is 0. The average Bonchev–Trinajstić information content (AvgIpc) is 2.64. The number of aromatic nitrogens is 2. The molecule has 0 aliphatic carbocycles. The van der Waals surface area contributed by atoms with Gasteiger partial charge in [0.2, 0.25) is 0 Å². The van der Waals surface area contributed by atoms with Crippen molar-refractivity contribution in [2.75, 3.05) is 0 Å². The van der Waals surface area contributed by atoms with E-state index in [-0.39, 0.29) is 5.69 Å². The van der Waals surface area contributed by atoms with Gasteiger partial charge >= 0.3 is 0 Å². The number of hydrogen-bond acceptors (Lipinski definition) is 3. The van der Waals surface area contributed by atoms with Gasteiger partial charge in [-0.1, -0.05) is 11.6 Å². The minimum atomic E-state index is -0.489. The summed E-state index contributed by atoms with van der Waals surface area (Å²) in [6.45, 7) is 0. The first-order valence-corrected chi connectivity index (χ1v) is 5.39. The lowest BCUT2D eigenvalue weighted by Gasteiger charge is -2.02. The van der Waals surface area contributed by atoms with Crippen LogP contribution < -0.4 is 0 Å². The second-order valence-corrected chi connectivity index (χ2v) is 4.35. The maximum absolute atomic E-state index is 10.8. The molecule has 0 saturated heterocycles. The number of hydrogen-bond donors (Lipinski definition) is 0. The largest absolute Gasteiger partial charge is 0.296 e.